The van der Waals surface area contributed by atoms with E-state index in [0.717, 1.165) is 31.7 Å². The van der Waals surface area contributed by atoms with E-state index in [1.54, 1.807) is 6.07 Å². The molecule has 0 aromatic carbocycles. The maximum absolute atomic E-state index is 9.36. The standard InChI is InChI=1S/C10H13ClN2O/c11-9-2-1-3-10(12-9)13-6-4-8(14)5-7-13/h1-3,8,14H,4-7H2. The van der Waals surface area contributed by atoms with Crippen molar-refractivity contribution in [3.63, 3.8) is 0 Å². The molecule has 4 heteroatoms. The molecule has 1 N–H and O–H groups in total. The summed E-state index contributed by atoms with van der Waals surface area (Å²) in [5, 5.41) is 9.88. The third-order valence-corrected chi connectivity index (χ3v) is 2.70. The molecule has 2 heterocycles. The predicted molar refractivity (Wildman–Crippen MR) is 56.7 cm³/mol. The highest BCUT2D eigenvalue weighted by atomic mass is 35.5. The van der Waals surface area contributed by atoms with Crippen LogP contribution in [0, 0.1) is 0 Å². The lowest BCUT2D eigenvalue weighted by Crippen LogP contribution is -2.36. The van der Waals surface area contributed by atoms with Crippen LogP contribution in [-0.4, -0.2) is 29.3 Å². The third kappa shape index (κ3) is 2.16. The molecule has 1 fully saturated rings. The molecule has 1 saturated heterocycles. The first-order valence-corrected chi connectivity index (χ1v) is 5.19. The zero-order valence-corrected chi connectivity index (χ0v) is 8.61. The Morgan fingerprint density at radius 2 is 2.07 bits per heavy atom. The molecule has 0 spiro atoms. The highest BCUT2D eigenvalue weighted by Gasteiger charge is 2.17. The fourth-order valence-corrected chi connectivity index (χ4v) is 1.83. The van der Waals surface area contributed by atoms with Gasteiger partial charge in [-0.3, -0.25) is 0 Å². The SMILES string of the molecule is OC1CCN(c2cccc(Cl)n2)CC1. The van der Waals surface area contributed by atoms with Crippen LogP contribution in [0.1, 0.15) is 12.8 Å². The van der Waals surface area contributed by atoms with Gasteiger partial charge in [0, 0.05) is 13.1 Å². The summed E-state index contributed by atoms with van der Waals surface area (Å²) in [7, 11) is 0. The monoisotopic (exact) mass is 212 g/mol. The Bertz CT molecular complexity index is 311. The van der Waals surface area contributed by atoms with Crippen LogP contribution in [-0.2, 0) is 0 Å². The normalized spacial score (nSPS) is 18.6. The summed E-state index contributed by atoms with van der Waals surface area (Å²) >= 11 is 5.81. The molecule has 0 radical (unpaired) electrons. The number of aromatic nitrogens is 1. The van der Waals surface area contributed by atoms with Gasteiger partial charge in [0.05, 0.1) is 6.10 Å². The van der Waals surface area contributed by atoms with E-state index in [1.165, 1.54) is 0 Å². The molecule has 0 amide bonds. The number of aliphatic hydroxyl groups excluding tert-OH is 1. The highest BCUT2D eigenvalue weighted by molar-refractivity contribution is 6.29. The number of hydrogen-bond acceptors (Lipinski definition) is 3. The van der Waals surface area contributed by atoms with Crippen molar-refractivity contribution in [3.05, 3.63) is 23.4 Å². The Balaban J connectivity index is 2.08. The van der Waals surface area contributed by atoms with Gasteiger partial charge in [-0.25, -0.2) is 4.98 Å². The van der Waals surface area contributed by atoms with Crippen LogP contribution >= 0.6 is 11.6 Å². The smallest absolute Gasteiger partial charge is 0.131 e. The van der Waals surface area contributed by atoms with E-state index >= 15 is 0 Å². The lowest BCUT2D eigenvalue weighted by atomic mass is 10.1. The molecule has 14 heavy (non-hydrogen) atoms. The van der Waals surface area contributed by atoms with Crippen molar-refractivity contribution in [2.75, 3.05) is 18.0 Å². The summed E-state index contributed by atoms with van der Waals surface area (Å²) in [6, 6.07) is 5.61. The largest absolute Gasteiger partial charge is 0.393 e. The summed E-state index contributed by atoms with van der Waals surface area (Å²) in [6.07, 6.45) is 1.48. The summed E-state index contributed by atoms with van der Waals surface area (Å²) in [5.74, 6) is 0.907. The summed E-state index contributed by atoms with van der Waals surface area (Å²) in [6.45, 7) is 1.71. The molecule has 0 saturated carbocycles. The maximum Gasteiger partial charge on any atom is 0.131 e. The number of aliphatic hydroxyl groups is 1. The third-order valence-electron chi connectivity index (χ3n) is 2.49. The van der Waals surface area contributed by atoms with Crippen molar-refractivity contribution in [2.45, 2.75) is 18.9 Å². The minimum absolute atomic E-state index is 0.148. The van der Waals surface area contributed by atoms with Gasteiger partial charge in [0.1, 0.15) is 11.0 Å². The molecule has 0 bridgehead atoms. The van der Waals surface area contributed by atoms with Crippen LogP contribution in [0.25, 0.3) is 0 Å². The number of piperidine rings is 1. The van der Waals surface area contributed by atoms with Crippen molar-refractivity contribution in [2.24, 2.45) is 0 Å². The second kappa shape index (κ2) is 4.15. The van der Waals surface area contributed by atoms with Crippen LogP contribution < -0.4 is 4.90 Å². The second-order valence-corrected chi connectivity index (χ2v) is 3.92. The minimum Gasteiger partial charge on any atom is -0.393 e. The number of rotatable bonds is 1. The number of nitrogens with zero attached hydrogens (tertiary/aromatic N) is 2. The topological polar surface area (TPSA) is 36.4 Å². The fourth-order valence-electron chi connectivity index (χ4n) is 1.67. The molecular formula is C10H13ClN2O. The van der Waals surface area contributed by atoms with Crippen molar-refractivity contribution in [3.8, 4) is 0 Å². The van der Waals surface area contributed by atoms with Crippen LogP contribution in [0.4, 0.5) is 5.82 Å². The summed E-state index contributed by atoms with van der Waals surface area (Å²) < 4.78 is 0. The molecule has 1 aliphatic heterocycles. The minimum atomic E-state index is -0.148. The summed E-state index contributed by atoms with van der Waals surface area (Å²) in [5.41, 5.74) is 0. The quantitative estimate of drug-likeness (QED) is 0.720. The van der Waals surface area contributed by atoms with E-state index in [1.807, 2.05) is 12.1 Å². The Labute approximate surface area is 88.3 Å². The lowest BCUT2D eigenvalue weighted by molar-refractivity contribution is 0.145. The van der Waals surface area contributed by atoms with Crippen LogP contribution in [0.15, 0.2) is 18.2 Å². The molecule has 3 nitrogen and oxygen atoms in total. The zero-order chi connectivity index (χ0) is 9.97. The van der Waals surface area contributed by atoms with Gasteiger partial charge in [-0.1, -0.05) is 17.7 Å². The van der Waals surface area contributed by atoms with Gasteiger partial charge < -0.3 is 10.0 Å². The number of anilines is 1. The number of pyridine rings is 1. The lowest BCUT2D eigenvalue weighted by Gasteiger charge is -2.30. The summed E-state index contributed by atoms with van der Waals surface area (Å²) in [4.78, 5) is 6.38. The van der Waals surface area contributed by atoms with Crippen LogP contribution in [0.5, 0.6) is 0 Å². The van der Waals surface area contributed by atoms with Gasteiger partial charge in [0.15, 0.2) is 0 Å². The molecule has 0 atom stereocenters. The molecule has 2 rings (SSSR count). The van der Waals surface area contributed by atoms with Gasteiger partial charge in [-0.15, -0.1) is 0 Å². The first kappa shape index (κ1) is 9.74. The van der Waals surface area contributed by atoms with E-state index in [4.69, 9.17) is 11.6 Å². The van der Waals surface area contributed by atoms with Gasteiger partial charge in [-0.2, -0.15) is 0 Å². The highest BCUT2D eigenvalue weighted by Crippen LogP contribution is 2.19. The Hall–Kier alpha value is -0.800. The molecule has 0 unspecified atom stereocenters. The molecule has 0 aliphatic carbocycles. The molecule has 76 valence electrons. The Morgan fingerprint density at radius 1 is 1.36 bits per heavy atom. The van der Waals surface area contributed by atoms with E-state index in [2.05, 4.69) is 9.88 Å². The first-order valence-electron chi connectivity index (χ1n) is 4.81. The molecule has 1 aromatic heterocycles. The molecule has 1 aromatic rings. The van der Waals surface area contributed by atoms with E-state index in [9.17, 15) is 5.11 Å². The van der Waals surface area contributed by atoms with Gasteiger partial charge in [-0.05, 0) is 25.0 Å². The van der Waals surface area contributed by atoms with Crippen molar-refractivity contribution in [1.29, 1.82) is 0 Å². The first-order chi connectivity index (χ1) is 6.75. The Morgan fingerprint density at radius 3 is 2.71 bits per heavy atom. The average Bonchev–Trinajstić information content (AvgIpc) is 2.19. The van der Waals surface area contributed by atoms with Gasteiger partial charge >= 0.3 is 0 Å². The van der Waals surface area contributed by atoms with Gasteiger partial charge in [0.25, 0.3) is 0 Å². The maximum atomic E-state index is 9.36. The number of hydrogen-bond donors (Lipinski definition) is 1. The molecule has 1 aliphatic rings. The van der Waals surface area contributed by atoms with E-state index in [-0.39, 0.29) is 6.10 Å². The molecular weight excluding hydrogens is 200 g/mol. The van der Waals surface area contributed by atoms with Crippen LogP contribution in [0.3, 0.4) is 0 Å². The van der Waals surface area contributed by atoms with Crippen molar-refractivity contribution >= 4 is 17.4 Å². The van der Waals surface area contributed by atoms with Gasteiger partial charge in [0.2, 0.25) is 0 Å². The van der Waals surface area contributed by atoms with E-state index < -0.39 is 0 Å². The van der Waals surface area contributed by atoms with Crippen molar-refractivity contribution in [1.82, 2.24) is 4.98 Å². The Kier molecular flexibility index (Phi) is 2.89. The van der Waals surface area contributed by atoms with E-state index in [0.29, 0.717) is 5.15 Å². The fraction of sp³-hybridized carbons (Fsp3) is 0.500. The van der Waals surface area contributed by atoms with Crippen molar-refractivity contribution < 1.29 is 5.11 Å². The predicted octanol–water partition coefficient (Wildman–Crippen LogP) is 1.70. The zero-order valence-electron chi connectivity index (χ0n) is 7.86. The average molecular weight is 213 g/mol. The number of halogens is 1. The second-order valence-electron chi connectivity index (χ2n) is 3.54. The van der Waals surface area contributed by atoms with Crippen LogP contribution in [0.2, 0.25) is 5.15 Å².